The smallest absolute Gasteiger partial charge is 0.247 e. The van der Waals surface area contributed by atoms with E-state index in [0.29, 0.717) is 81.2 Å². The maximum Gasteiger partial charge on any atom is 0.247 e. The third-order valence-corrected chi connectivity index (χ3v) is 12.5. The Balaban J connectivity index is -0.000000983. The van der Waals surface area contributed by atoms with Crippen molar-refractivity contribution >= 4 is 64.0 Å². The molecule has 71 heavy (non-hydrogen) atoms. The van der Waals surface area contributed by atoms with Crippen LogP contribution in [0.3, 0.4) is 0 Å². The van der Waals surface area contributed by atoms with Gasteiger partial charge >= 0.3 is 0 Å². The van der Waals surface area contributed by atoms with Crippen molar-refractivity contribution in [1.29, 1.82) is 0 Å². The van der Waals surface area contributed by atoms with Gasteiger partial charge in [-0.2, -0.15) is 11.8 Å². The number of hydrogen-bond acceptors (Lipinski definition) is 11. The molecular weight excluding hydrogens is 938 g/mol. The van der Waals surface area contributed by atoms with Gasteiger partial charge in [-0.25, -0.2) is 0 Å². The number of halogens is 1. The number of Topliss-reactive ketones (excluding diaryl/α,β-unsaturated/α-hetero) is 2. The van der Waals surface area contributed by atoms with Crippen LogP contribution in [-0.2, 0) is 38.2 Å². The Morgan fingerprint density at radius 1 is 0.761 bits per heavy atom. The molecule has 1 aliphatic rings. The number of ketones is 2. The predicted octanol–water partition coefficient (Wildman–Crippen LogP) is 12.3. The topological polar surface area (TPSA) is 187 Å². The Bertz CT molecular complexity index is 1650. The minimum atomic E-state index is -0.411. The number of nitrogens with two attached hydrogens (primary N) is 1. The number of ether oxygens (including phenoxy) is 3. The zero-order valence-corrected chi connectivity index (χ0v) is 47.6. The number of allylic oxidation sites excluding steroid dienone is 4. The number of amides is 3. The number of anilines is 2. The fourth-order valence-corrected chi connectivity index (χ4v) is 8.31. The molecule has 1 aromatic carbocycles. The summed E-state index contributed by atoms with van der Waals surface area (Å²) in [5.41, 5.74) is 9.41. The maximum atomic E-state index is 12.0. The van der Waals surface area contributed by atoms with Crippen LogP contribution in [0, 0.1) is 5.92 Å². The molecule has 1 aromatic rings. The van der Waals surface area contributed by atoms with E-state index in [9.17, 15) is 24.0 Å². The van der Waals surface area contributed by atoms with Crippen molar-refractivity contribution < 1.29 is 38.2 Å². The van der Waals surface area contributed by atoms with Crippen LogP contribution < -0.4 is 27.0 Å². The quantitative estimate of drug-likeness (QED) is 0.0200. The molecule has 15 heteroatoms. The monoisotopic (exact) mass is 1040 g/mol. The molecule has 2 rings (SSSR count). The summed E-state index contributed by atoms with van der Waals surface area (Å²) < 4.78 is 16.4. The van der Waals surface area contributed by atoms with Crippen molar-refractivity contribution in [3.8, 4) is 0 Å². The summed E-state index contributed by atoms with van der Waals surface area (Å²) in [5, 5.41) is 12.6. The van der Waals surface area contributed by atoms with Gasteiger partial charge in [-0.1, -0.05) is 109 Å². The number of carbonyl (C=O) groups is 5. The number of nitrogens with one attached hydrogen (secondary N) is 4. The van der Waals surface area contributed by atoms with Crippen LogP contribution >= 0.6 is 23.4 Å². The highest BCUT2D eigenvalue weighted by molar-refractivity contribution is 8.00. The van der Waals surface area contributed by atoms with E-state index in [0.717, 1.165) is 68.2 Å². The van der Waals surface area contributed by atoms with Crippen molar-refractivity contribution in [3.63, 3.8) is 0 Å². The molecule has 6 N–H and O–H groups in total. The molecule has 0 aliphatic carbocycles. The van der Waals surface area contributed by atoms with E-state index in [1.165, 1.54) is 44.3 Å². The van der Waals surface area contributed by atoms with Gasteiger partial charge < -0.3 is 50.8 Å². The molecule has 3 atom stereocenters. The molecule has 0 saturated carbocycles. The lowest BCUT2D eigenvalue weighted by molar-refractivity contribution is -0.121. The van der Waals surface area contributed by atoms with Crippen LogP contribution in [0.25, 0.3) is 0 Å². The molecule has 0 aromatic heterocycles. The second kappa shape index (κ2) is 47.2. The third-order valence-electron chi connectivity index (χ3n) is 10.4. The normalized spacial score (nSPS) is 15.8. The van der Waals surface area contributed by atoms with Gasteiger partial charge in [0, 0.05) is 68.2 Å². The zero-order valence-electron chi connectivity index (χ0n) is 46.0. The van der Waals surface area contributed by atoms with Crippen LogP contribution in [0.2, 0.25) is 0 Å². The molecule has 2 unspecified atom stereocenters. The SMILES string of the molecule is C=C(C)C.C=CC(=O)Nc1ccccc1N/C(C)=C(\Cl)C=C.CC(=O)CCCC(C)=O.CCCC(C)CCC.CCCCOCCOCCOCCCNC(=O)CCCC[C@@H]1SCC(NC(C)=O)C1(C)N. The highest BCUT2D eigenvalue weighted by atomic mass is 35.5. The van der Waals surface area contributed by atoms with Crippen LogP contribution in [0.1, 0.15) is 166 Å². The van der Waals surface area contributed by atoms with E-state index < -0.39 is 5.54 Å². The van der Waals surface area contributed by atoms with Crippen molar-refractivity contribution in [1.82, 2.24) is 10.6 Å². The number of hydrogen-bond donors (Lipinski definition) is 5. The van der Waals surface area contributed by atoms with E-state index >= 15 is 0 Å². The van der Waals surface area contributed by atoms with Gasteiger partial charge in [0.05, 0.1) is 48.9 Å². The fraction of sp³-hybridized carbons (Fsp3) is 0.661. The summed E-state index contributed by atoms with van der Waals surface area (Å²) in [6, 6.07) is 7.34. The van der Waals surface area contributed by atoms with Crippen LogP contribution in [0.4, 0.5) is 11.4 Å². The Morgan fingerprint density at radius 3 is 1.73 bits per heavy atom. The van der Waals surface area contributed by atoms with Crippen LogP contribution in [0.5, 0.6) is 0 Å². The number of thioether (sulfide) groups is 1. The Kier molecular flexibility index (Phi) is 47.5. The maximum absolute atomic E-state index is 12.0. The minimum Gasteiger partial charge on any atom is -0.379 e. The first-order valence-electron chi connectivity index (χ1n) is 25.7. The van der Waals surface area contributed by atoms with Crippen LogP contribution in [-0.4, -0.2) is 98.1 Å². The van der Waals surface area contributed by atoms with E-state index in [1.807, 2.05) is 57.7 Å². The number of rotatable bonds is 32. The molecule has 3 amide bonds. The fourth-order valence-electron chi connectivity index (χ4n) is 6.54. The summed E-state index contributed by atoms with van der Waals surface area (Å²) in [7, 11) is 0. The lowest BCUT2D eigenvalue weighted by Gasteiger charge is -2.32. The van der Waals surface area contributed by atoms with Gasteiger partial charge in [0.15, 0.2) is 0 Å². The first kappa shape index (κ1) is 71.5. The summed E-state index contributed by atoms with van der Waals surface area (Å²) >= 11 is 7.77. The second-order valence-electron chi connectivity index (χ2n) is 18.3. The molecule has 1 heterocycles. The Morgan fingerprint density at radius 2 is 1.27 bits per heavy atom. The molecule has 1 fully saturated rings. The van der Waals surface area contributed by atoms with Gasteiger partial charge in [0.1, 0.15) is 11.6 Å². The lowest BCUT2D eigenvalue weighted by atomic mass is 9.88. The number of benzene rings is 1. The van der Waals surface area contributed by atoms with Crippen molar-refractivity contribution in [3.05, 3.63) is 72.5 Å². The first-order valence-corrected chi connectivity index (χ1v) is 27.1. The third kappa shape index (κ3) is 44.6. The standard InChI is InChI=1S/C23H45N3O5S.C14H15ClN2O.C8H18.C7H12O2.C4H8/c1-4-5-12-29-14-16-31-17-15-30-13-8-11-25-22(28)10-7-6-9-21-23(3,24)20(18-32-21)26-19(2)27;1-4-11(15)10(3)16-12-8-6-7-9-13(12)17-14(18)5-2;1-4-6-8(3)7-5-2;1-6(8)4-3-5-7(2)9;1-4(2)3/h20-21H,4-18,24H2,1-3H3,(H,25,28)(H,26,27);4-9,16H,1-2H2,3H3,(H,17,18);8H,4-7H2,1-3H3;3-5H2,1-2H3;1H2,2-3H3/b;11-10-;;;/t20?,21-,23?;;;;/m0..../s1. The van der Waals surface area contributed by atoms with E-state index in [4.69, 9.17) is 31.5 Å². The molecule has 408 valence electrons. The van der Waals surface area contributed by atoms with Gasteiger partial charge in [-0.05, 0) is 104 Å². The second-order valence-corrected chi connectivity index (χ2v) is 19.9. The molecule has 1 saturated heterocycles. The molecule has 0 spiro atoms. The molecule has 13 nitrogen and oxygen atoms in total. The summed E-state index contributed by atoms with van der Waals surface area (Å²) in [4.78, 5) is 55.2. The van der Waals surface area contributed by atoms with Gasteiger partial charge in [0.2, 0.25) is 17.7 Å². The van der Waals surface area contributed by atoms with Crippen molar-refractivity contribution in [2.24, 2.45) is 11.7 Å². The van der Waals surface area contributed by atoms with Gasteiger partial charge in [0.25, 0.3) is 0 Å². The number of unbranched alkanes of at least 4 members (excludes halogenated alkanes) is 2. The van der Waals surface area contributed by atoms with Crippen molar-refractivity contribution in [2.75, 3.05) is 62.6 Å². The zero-order chi connectivity index (χ0) is 54.5. The summed E-state index contributed by atoms with van der Waals surface area (Å²) in [5.74, 6) is 1.92. The number of para-hydroxylation sites is 2. The highest BCUT2D eigenvalue weighted by Gasteiger charge is 2.44. The summed E-state index contributed by atoms with van der Waals surface area (Å²) in [6.07, 6.45) is 16.4. The average Bonchev–Trinajstić information content (AvgIpc) is 3.57. The highest BCUT2D eigenvalue weighted by Crippen LogP contribution is 2.37. The number of carbonyl (C=O) groups excluding carboxylic acids is 5. The first-order chi connectivity index (χ1) is 33.6. The van der Waals surface area contributed by atoms with Gasteiger partial charge in [-0.3, -0.25) is 14.4 Å². The van der Waals surface area contributed by atoms with Crippen LogP contribution in [0.15, 0.2) is 72.5 Å². The predicted molar refractivity (Wildman–Crippen MR) is 302 cm³/mol. The summed E-state index contributed by atoms with van der Waals surface area (Å²) in [6.45, 7) is 36.4. The van der Waals surface area contributed by atoms with E-state index in [-0.39, 0.29) is 35.3 Å². The van der Waals surface area contributed by atoms with Crippen molar-refractivity contribution in [2.45, 2.75) is 183 Å². The average molecular weight is 1040 g/mol. The van der Waals surface area contributed by atoms with E-state index in [2.05, 4.69) is 68.7 Å². The lowest BCUT2D eigenvalue weighted by Crippen LogP contribution is -2.58. The molecule has 0 bridgehead atoms. The Hall–Kier alpha value is -3.79. The molecular formula is C56H98ClN5O8S. The molecule has 0 radical (unpaired) electrons. The Labute approximate surface area is 440 Å². The van der Waals surface area contributed by atoms with Gasteiger partial charge in [-0.15, -0.1) is 6.58 Å². The molecule has 1 aliphatic heterocycles. The largest absolute Gasteiger partial charge is 0.379 e. The minimum absolute atomic E-state index is 0.0108. The van der Waals surface area contributed by atoms with E-state index in [1.54, 1.807) is 26.0 Å².